The number of hydrogen-bond acceptors (Lipinski definition) is 4. The Balaban J connectivity index is 0.925. The summed E-state index contributed by atoms with van der Waals surface area (Å²) in [6.45, 7) is 0. The fourth-order valence-electron chi connectivity index (χ4n) is 9.10. The largest absolute Gasteiger partial charge is 0.311 e. The van der Waals surface area contributed by atoms with Gasteiger partial charge in [-0.2, -0.15) is 0 Å². The van der Waals surface area contributed by atoms with Gasteiger partial charge >= 0.3 is 0 Å². The van der Waals surface area contributed by atoms with E-state index < -0.39 is 0 Å². The third-order valence-electron chi connectivity index (χ3n) is 12.3. The second-order valence-corrected chi connectivity index (χ2v) is 17.2. The van der Waals surface area contributed by atoms with Crippen LogP contribution >= 0.6 is 11.3 Å². The quantitative estimate of drug-likeness (QED) is 0.153. The number of hydrogen-bond donors (Lipinski definition) is 0. The van der Waals surface area contributed by atoms with Gasteiger partial charge in [-0.3, -0.25) is 0 Å². The van der Waals surface area contributed by atoms with Crippen LogP contribution in [0.1, 0.15) is 0 Å². The van der Waals surface area contributed by atoms with E-state index in [1.54, 1.807) is 0 Å². The van der Waals surface area contributed by atoms with E-state index in [-0.39, 0.29) is 0 Å². The maximum atomic E-state index is 5.48. The zero-order chi connectivity index (χ0) is 42.4. The van der Waals surface area contributed by atoms with Gasteiger partial charge in [0.15, 0.2) is 5.82 Å². The molecule has 4 heteroatoms. The third-order valence-corrected chi connectivity index (χ3v) is 13.5. The van der Waals surface area contributed by atoms with E-state index >= 15 is 0 Å². The summed E-state index contributed by atoms with van der Waals surface area (Å²) in [5.41, 5.74) is 14.3. The van der Waals surface area contributed by atoms with Crippen molar-refractivity contribution >= 4 is 70.2 Å². The van der Waals surface area contributed by atoms with Crippen LogP contribution < -0.4 is 4.90 Å². The highest BCUT2D eigenvalue weighted by Crippen LogP contribution is 2.46. The topological polar surface area (TPSA) is 29.0 Å². The summed E-state index contributed by atoms with van der Waals surface area (Å²) in [6, 6.07) is 84.4. The molecular formula is C60H39N3S. The first-order valence-corrected chi connectivity index (χ1v) is 22.5. The SMILES string of the molecule is c1ccc(-c2ccc(N(c3ccccc3)c3ccc(-c4ccc(-c5nc(-c6cc(-c7ccccc7)cc7sc8c9ccccc9ccc8c67)c6ccccc6n5)cc4)cc3)cc2)cc1. The summed E-state index contributed by atoms with van der Waals surface area (Å²) in [5, 5.41) is 6.04. The zero-order valence-corrected chi connectivity index (χ0v) is 35.6. The Morgan fingerprint density at radius 1 is 0.344 bits per heavy atom. The van der Waals surface area contributed by atoms with Crippen molar-refractivity contribution < 1.29 is 0 Å². The summed E-state index contributed by atoms with van der Waals surface area (Å²) in [4.78, 5) is 13.0. The Morgan fingerprint density at radius 2 is 0.844 bits per heavy atom. The Morgan fingerprint density at radius 3 is 1.50 bits per heavy atom. The lowest BCUT2D eigenvalue weighted by Gasteiger charge is -2.26. The zero-order valence-electron chi connectivity index (χ0n) is 34.8. The van der Waals surface area contributed by atoms with Gasteiger partial charge in [-0.1, -0.05) is 182 Å². The molecule has 300 valence electrons. The van der Waals surface area contributed by atoms with E-state index in [2.05, 4.69) is 241 Å². The van der Waals surface area contributed by atoms with Gasteiger partial charge in [-0.05, 0) is 98.8 Å². The number of aromatic nitrogens is 2. The van der Waals surface area contributed by atoms with Crippen LogP contribution in [0.2, 0.25) is 0 Å². The van der Waals surface area contributed by atoms with E-state index in [1.807, 2.05) is 11.3 Å². The predicted molar refractivity (Wildman–Crippen MR) is 272 cm³/mol. The van der Waals surface area contributed by atoms with Crippen LogP contribution in [-0.4, -0.2) is 9.97 Å². The predicted octanol–water partition coefficient (Wildman–Crippen LogP) is 17.0. The van der Waals surface area contributed by atoms with Crippen LogP contribution in [0.15, 0.2) is 237 Å². The van der Waals surface area contributed by atoms with E-state index in [1.165, 1.54) is 53.2 Å². The lowest BCUT2D eigenvalue weighted by atomic mass is 9.94. The molecular weight excluding hydrogens is 795 g/mol. The molecule has 0 saturated heterocycles. The molecule has 2 aromatic heterocycles. The molecule has 12 rings (SSSR count). The van der Waals surface area contributed by atoms with Gasteiger partial charge in [0.05, 0.1) is 11.2 Å². The van der Waals surface area contributed by atoms with Crippen molar-refractivity contribution in [2.24, 2.45) is 0 Å². The molecule has 0 radical (unpaired) electrons. The average molecular weight is 834 g/mol. The van der Waals surface area contributed by atoms with Gasteiger partial charge in [0.25, 0.3) is 0 Å². The minimum absolute atomic E-state index is 0.704. The standard InChI is InChI=1S/C60H39N3S/c1-4-14-40(15-5-1)43-28-33-49(34-29-43)63(48-19-8-3-9-20-48)50-35-30-44(31-36-50)42-24-26-46(27-25-42)60-61-55-23-13-12-22-52(55)58(62-60)54-38-47(41-16-6-2-7-17-41)39-56-57(54)53-37-32-45-18-10-11-21-51(45)59(53)64-56/h1-39H. The Kier molecular flexibility index (Phi) is 9.36. The van der Waals surface area contributed by atoms with E-state index in [0.717, 1.165) is 55.9 Å². The van der Waals surface area contributed by atoms with Crippen molar-refractivity contribution in [1.82, 2.24) is 9.97 Å². The molecule has 12 aromatic rings. The monoisotopic (exact) mass is 833 g/mol. The van der Waals surface area contributed by atoms with E-state index in [0.29, 0.717) is 5.82 Å². The summed E-state index contributed by atoms with van der Waals surface area (Å²) >= 11 is 1.87. The minimum atomic E-state index is 0.704. The van der Waals surface area contributed by atoms with E-state index in [9.17, 15) is 0 Å². The minimum Gasteiger partial charge on any atom is -0.311 e. The first-order valence-electron chi connectivity index (χ1n) is 21.6. The van der Waals surface area contributed by atoms with Crippen molar-refractivity contribution in [1.29, 1.82) is 0 Å². The van der Waals surface area contributed by atoms with Crippen molar-refractivity contribution in [3.05, 3.63) is 237 Å². The number of rotatable bonds is 8. The Hall–Kier alpha value is -8.18. The number of benzene rings is 10. The molecule has 0 unspecified atom stereocenters. The molecule has 0 fully saturated rings. The molecule has 0 atom stereocenters. The molecule has 0 saturated carbocycles. The molecule has 0 amide bonds. The Bertz CT molecular complexity index is 3620. The second-order valence-electron chi connectivity index (χ2n) is 16.1. The van der Waals surface area contributed by atoms with Crippen molar-refractivity contribution in [3.63, 3.8) is 0 Å². The number of anilines is 3. The molecule has 64 heavy (non-hydrogen) atoms. The molecule has 0 N–H and O–H groups in total. The number of thiophene rings is 1. The summed E-state index contributed by atoms with van der Waals surface area (Å²) in [6.07, 6.45) is 0. The Labute approximate surface area is 375 Å². The molecule has 0 aliphatic heterocycles. The number of nitrogens with zero attached hydrogens (tertiary/aromatic N) is 3. The molecule has 10 aromatic carbocycles. The maximum Gasteiger partial charge on any atom is 0.160 e. The highest BCUT2D eigenvalue weighted by Gasteiger charge is 2.20. The van der Waals surface area contributed by atoms with Crippen LogP contribution in [0.4, 0.5) is 17.1 Å². The highest BCUT2D eigenvalue weighted by atomic mass is 32.1. The fourth-order valence-corrected chi connectivity index (χ4v) is 10.4. The van der Waals surface area contributed by atoms with Gasteiger partial charge in [-0.15, -0.1) is 11.3 Å². The highest BCUT2D eigenvalue weighted by molar-refractivity contribution is 7.26. The van der Waals surface area contributed by atoms with Gasteiger partial charge < -0.3 is 4.90 Å². The van der Waals surface area contributed by atoms with Crippen molar-refractivity contribution in [3.8, 4) is 56.0 Å². The molecule has 0 aliphatic rings. The normalized spacial score (nSPS) is 11.4. The average Bonchev–Trinajstić information content (AvgIpc) is 3.77. The van der Waals surface area contributed by atoms with Gasteiger partial charge in [0.1, 0.15) is 0 Å². The van der Waals surface area contributed by atoms with Crippen LogP contribution in [-0.2, 0) is 0 Å². The molecule has 3 nitrogen and oxygen atoms in total. The van der Waals surface area contributed by atoms with Gasteiger partial charge in [0.2, 0.25) is 0 Å². The number of fused-ring (bicyclic) bond motifs is 6. The van der Waals surface area contributed by atoms with Crippen molar-refractivity contribution in [2.75, 3.05) is 4.90 Å². The van der Waals surface area contributed by atoms with E-state index in [4.69, 9.17) is 9.97 Å². The van der Waals surface area contributed by atoms with Gasteiger partial charge in [0, 0.05) is 53.7 Å². The number of para-hydroxylation sites is 2. The molecule has 0 aliphatic carbocycles. The summed E-state index contributed by atoms with van der Waals surface area (Å²) in [5.74, 6) is 0.704. The molecule has 2 heterocycles. The first-order chi connectivity index (χ1) is 31.7. The third kappa shape index (κ3) is 6.78. The first kappa shape index (κ1) is 37.6. The van der Waals surface area contributed by atoms with Crippen LogP contribution in [0.5, 0.6) is 0 Å². The lowest BCUT2D eigenvalue weighted by molar-refractivity contribution is 1.23. The molecule has 0 spiro atoms. The summed E-state index contributed by atoms with van der Waals surface area (Å²) < 4.78 is 2.54. The van der Waals surface area contributed by atoms with Crippen LogP contribution in [0.3, 0.4) is 0 Å². The van der Waals surface area contributed by atoms with Gasteiger partial charge in [-0.25, -0.2) is 9.97 Å². The smallest absolute Gasteiger partial charge is 0.160 e. The van der Waals surface area contributed by atoms with Crippen LogP contribution in [0.25, 0.3) is 97.9 Å². The molecule has 0 bridgehead atoms. The fraction of sp³-hybridized carbons (Fsp3) is 0. The van der Waals surface area contributed by atoms with Crippen LogP contribution in [0, 0.1) is 0 Å². The van der Waals surface area contributed by atoms with Crippen molar-refractivity contribution in [2.45, 2.75) is 0 Å². The summed E-state index contributed by atoms with van der Waals surface area (Å²) in [7, 11) is 0. The second kappa shape index (κ2) is 15.9. The maximum absolute atomic E-state index is 5.48. The lowest BCUT2D eigenvalue weighted by Crippen LogP contribution is -2.09.